The van der Waals surface area contributed by atoms with E-state index in [2.05, 4.69) is 25.1 Å². The molecule has 1 atom stereocenters. The minimum atomic E-state index is -0.0918. The molecule has 1 aliphatic heterocycles. The number of aromatic amines is 1. The number of ether oxygens (including phenoxy) is 1. The van der Waals surface area contributed by atoms with E-state index in [4.69, 9.17) is 9.15 Å². The summed E-state index contributed by atoms with van der Waals surface area (Å²) in [5.74, 6) is 3.16. The van der Waals surface area contributed by atoms with E-state index in [1.165, 1.54) is 0 Å². The molecule has 0 radical (unpaired) electrons. The Morgan fingerprint density at radius 2 is 2.15 bits per heavy atom. The summed E-state index contributed by atoms with van der Waals surface area (Å²) in [6.45, 7) is 8.74. The van der Waals surface area contributed by atoms with Gasteiger partial charge in [0.15, 0.2) is 5.82 Å². The number of H-pyrrole nitrogens is 1. The van der Waals surface area contributed by atoms with Crippen LogP contribution < -0.4 is 0 Å². The number of aromatic nitrogens is 4. The lowest BCUT2D eigenvalue weighted by Gasteiger charge is -2.30. The number of nitrogens with one attached hydrogen (secondary N) is 1. The molecule has 3 heterocycles. The van der Waals surface area contributed by atoms with Crippen LogP contribution in [-0.4, -0.2) is 44.8 Å². The smallest absolute Gasteiger partial charge is 0.208 e. The van der Waals surface area contributed by atoms with Crippen LogP contribution in [0.15, 0.2) is 4.42 Å². The molecule has 0 bridgehead atoms. The van der Waals surface area contributed by atoms with Crippen molar-refractivity contribution < 1.29 is 9.15 Å². The molecule has 1 fully saturated rings. The first-order chi connectivity index (χ1) is 9.61. The van der Waals surface area contributed by atoms with E-state index in [-0.39, 0.29) is 6.10 Å². The van der Waals surface area contributed by atoms with Gasteiger partial charge < -0.3 is 9.15 Å². The Kier molecular flexibility index (Phi) is 3.54. The zero-order chi connectivity index (χ0) is 14.1. The molecule has 0 aliphatic carbocycles. The van der Waals surface area contributed by atoms with E-state index in [0.29, 0.717) is 19.0 Å². The van der Waals surface area contributed by atoms with Crippen LogP contribution in [0.4, 0.5) is 0 Å². The lowest BCUT2D eigenvalue weighted by atomic mass is 10.2. The molecule has 7 heteroatoms. The monoisotopic (exact) mass is 277 g/mol. The van der Waals surface area contributed by atoms with E-state index in [9.17, 15) is 0 Å². The van der Waals surface area contributed by atoms with Gasteiger partial charge in [-0.3, -0.25) is 10.00 Å². The Balaban J connectivity index is 1.66. The summed E-state index contributed by atoms with van der Waals surface area (Å²) < 4.78 is 11.4. The maximum Gasteiger partial charge on any atom is 0.208 e. The molecule has 2 aromatic rings. The van der Waals surface area contributed by atoms with Gasteiger partial charge in [-0.2, -0.15) is 5.10 Å². The highest BCUT2D eigenvalue weighted by Crippen LogP contribution is 2.21. The molecule has 0 spiro atoms. The summed E-state index contributed by atoms with van der Waals surface area (Å²) in [7, 11) is 0. The predicted octanol–water partition coefficient (Wildman–Crippen LogP) is 1.29. The van der Waals surface area contributed by atoms with Crippen molar-refractivity contribution in [3.8, 4) is 0 Å². The summed E-state index contributed by atoms with van der Waals surface area (Å²) in [5.41, 5.74) is 0.953. The molecule has 0 unspecified atom stereocenters. The average molecular weight is 277 g/mol. The fourth-order valence-corrected chi connectivity index (χ4v) is 2.30. The fourth-order valence-electron chi connectivity index (χ4n) is 2.30. The van der Waals surface area contributed by atoms with Crippen LogP contribution in [0.1, 0.15) is 35.1 Å². The first-order valence-corrected chi connectivity index (χ1v) is 6.77. The minimum Gasteiger partial charge on any atom is -0.444 e. The molecule has 20 heavy (non-hydrogen) atoms. The van der Waals surface area contributed by atoms with Gasteiger partial charge in [-0.15, -0.1) is 0 Å². The average Bonchev–Trinajstić information content (AvgIpc) is 2.97. The second-order valence-corrected chi connectivity index (χ2v) is 5.12. The molecule has 3 rings (SSSR count). The first-order valence-electron chi connectivity index (χ1n) is 6.77. The van der Waals surface area contributed by atoms with Gasteiger partial charge in [-0.25, -0.2) is 9.97 Å². The van der Waals surface area contributed by atoms with Crippen LogP contribution >= 0.6 is 0 Å². The Bertz CT molecular complexity index is 572. The molecule has 1 saturated heterocycles. The van der Waals surface area contributed by atoms with Gasteiger partial charge in [0.2, 0.25) is 5.89 Å². The third-order valence-corrected chi connectivity index (χ3v) is 3.48. The van der Waals surface area contributed by atoms with Gasteiger partial charge in [0.1, 0.15) is 17.7 Å². The van der Waals surface area contributed by atoms with Gasteiger partial charge in [0.25, 0.3) is 0 Å². The van der Waals surface area contributed by atoms with Crippen LogP contribution in [0.2, 0.25) is 0 Å². The predicted molar refractivity (Wildman–Crippen MR) is 71.1 cm³/mol. The zero-order valence-electron chi connectivity index (χ0n) is 12.0. The summed E-state index contributed by atoms with van der Waals surface area (Å²) in [6, 6.07) is 0. The summed E-state index contributed by atoms with van der Waals surface area (Å²) in [6.07, 6.45) is -0.0918. The van der Waals surface area contributed by atoms with Crippen LogP contribution in [-0.2, 0) is 11.3 Å². The Labute approximate surface area is 117 Å². The molecule has 1 aliphatic rings. The van der Waals surface area contributed by atoms with E-state index in [1.54, 1.807) is 0 Å². The maximum absolute atomic E-state index is 5.74. The highest BCUT2D eigenvalue weighted by Gasteiger charge is 2.26. The summed E-state index contributed by atoms with van der Waals surface area (Å²) >= 11 is 0. The van der Waals surface area contributed by atoms with Gasteiger partial charge in [0.05, 0.1) is 18.8 Å². The van der Waals surface area contributed by atoms with Crippen LogP contribution in [0, 0.1) is 20.8 Å². The van der Waals surface area contributed by atoms with Crippen molar-refractivity contribution in [3.63, 3.8) is 0 Å². The van der Waals surface area contributed by atoms with Crippen LogP contribution in [0.5, 0.6) is 0 Å². The van der Waals surface area contributed by atoms with Crippen LogP contribution in [0.3, 0.4) is 0 Å². The van der Waals surface area contributed by atoms with Crippen molar-refractivity contribution in [1.29, 1.82) is 0 Å². The first kappa shape index (κ1) is 13.3. The van der Waals surface area contributed by atoms with E-state index < -0.39 is 0 Å². The van der Waals surface area contributed by atoms with Gasteiger partial charge >= 0.3 is 0 Å². The van der Waals surface area contributed by atoms with Crippen molar-refractivity contribution in [2.75, 3.05) is 19.7 Å². The number of rotatable bonds is 3. The molecule has 0 aromatic carbocycles. The number of aryl methyl sites for hydroxylation is 3. The van der Waals surface area contributed by atoms with E-state index >= 15 is 0 Å². The molecule has 1 N–H and O–H groups in total. The quantitative estimate of drug-likeness (QED) is 0.910. The normalized spacial score (nSPS) is 20.4. The highest BCUT2D eigenvalue weighted by molar-refractivity contribution is 5.05. The highest BCUT2D eigenvalue weighted by atomic mass is 16.5. The van der Waals surface area contributed by atoms with E-state index in [0.717, 1.165) is 36.3 Å². The molecule has 2 aromatic heterocycles. The third kappa shape index (κ3) is 2.73. The SMILES string of the molecule is Cc1nc([C@@H]2CN(Cc3nc(C)c(C)o3)CCO2)n[nH]1. The lowest BCUT2D eigenvalue weighted by Crippen LogP contribution is -2.38. The Morgan fingerprint density at radius 1 is 1.30 bits per heavy atom. The zero-order valence-corrected chi connectivity index (χ0v) is 12.0. The van der Waals surface area contributed by atoms with Crippen molar-refractivity contribution in [2.45, 2.75) is 33.4 Å². The lowest BCUT2D eigenvalue weighted by molar-refractivity contribution is -0.0392. The molecule has 7 nitrogen and oxygen atoms in total. The van der Waals surface area contributed by atoms with Crippen LogP contribution in [0.25, 0.3) is 0 Å². The standard InChI is InChI=1S/C13H19N5O2/c1-8-9(2)20-12(14-8)7-18-4-5-19-11(6-18)13-15-10(3)16-17-13/h11H,4-7H2,1-3H3,(H,15,16,17)/t11-/m0/s1. The summed E-state index contributed by atoms with van der Waals surface area (Å²) in [4.78, 5) is 11.0. The number of nitrogens with zero attached hydrogens (tertiary/aromatic N) is 4. The second-order valence-electron chi connectivity index (χ2n) is 5.12. The van der Waals surface area contributed by atoms with Gasteiger partial charge in [-0.1, -0.05) is 0 Å². The number of oxazole rings is 1. The minimum absolute atomic E-state index is 0.0918. The van der Waals surface area contributed by atoms with Gasteiger partial charge in [0, 0.05) is 13.1 Å². The number of hydrogen-bond donors (Lipinski definition) is 1. The van der Waals surface area contributed by atoms with Crippen molar-refractivity contribution in [3.05, 3.63) is 29.0 Å². The third-order valence-electron chi connectivity index (χ3n) is 3.48. The summed E-state index contributed by atoms with van der Waals surface area (Å²) in [5, 5.41) is 7.02. The van der Waals surface area contributed by atoms with Gasteiger partial charge in [-0.05, 0) is 20.8 Å². The molecular weight excluding hydrogens is 258 g/mol. The second kappa shape index (κ2) is 5.34. The van der Waals surface area contributed by atoms with Crippen molar-refractivity contribution in [2.24, 2.45) is 0 Å². The Hall–Kier alpha value is -1.73. The fraction of sp³-hybridized carbons (Fsp3) is 0.615. The molecule has 108 valence electrons. The molecule has 0 amide bonds. The number of hydrogen-bond acceptors (Lipinski definition) is 6. The maximum atomic E-state index is 5.74. The number of morpholine rings is 1. The van der Waals surface area contributed by atoms with Crippen molar-refractivity contribution in [1.82, 2.24) is 25.1 Å². The molecular formula is C13H19N5O2. The van der Waals surface area contributed by atoms with E-state index in [1.807, 2.05) is 20.8 Å². The Morgan fingerprint density at radius 3 is 2.80 bits per heavy atom. The largest absolute Gasteiger partial charge is 0.444 e. The molecule has 0 saturated carbocycles. The van der Waals surface area contributed by atoms with Crippen molar-refractivity contribution >= 4 is 0 Å². The topological polar surface area (TPSA) is 80.1 Å².